The molecule has 0 amide bonds. The lowest BCUT2D eigenvalue weighted by atomic mass is 9.96. The molecule has 100 valence electrons. The molecule has 1 heterocycles. The number of benzene rings is 1. The molecule has 1 fully saturated rings. The highest BCUT2D eigenvalue weighted by Crippen LogP contribution is 2.31. The van der Waals surface area contributed by atoms with E-state index in [9.17, 15) is 22.3 Å². The average Bonchev–Trinajstić information content (AvgIpc) is 2.57. The van der Waals surface area contributed by atoms with Gasteiger partial charge in [-0.05, 0) is 30.9 Å². The van der Waals surface area contributed by atoms with Crippen LogP contribution >= 0.6 is 0 Å². The lowest BCUT2D eigenvalue weighted by Gasteiger charge is -2.16. The van der Waals surface area contributed by atoms with Crippen molar-refractivity contribution in [3.05, 3.63) is 35.4 Å². The van der Waals surface area contributed by atoms with E-state index in [1.165, 1.54) is 6.07 Å². The van der Waals surface area contributed by atoms with Crippen LogP contribution in [0.5, 0.6) is 0 Å². The first-order valence-electron chi connectivity index (χ1n) is 5.71. The molecule has 0 radical (unpaired) electrons. The highest BCUT2D eigenvalue weighted by atomic mass is 32.2. The van der Waals surface area contributed by atoms with Gasteiger partial charge in [0.05, 0.1) is 23.2 Å². The van der Waals surface area contributed by atoms with E-state index in [4.69, 9.17) is 0 Å². The second-order valence-electron chi connectivity index (χ2n) is 4.66. The van der Waals surface area contributed by atoms with E-state index in [-0.39, 0.29) is 29.4 Å². The molecule has 18 heavy (non-hydrogen) atoms. The van der Waals surface area contributed by atoms with Gasteiger partial charge in [0, 0.05) is 0 Å². The van der Waals surface area contributed by atoms with Gasteiger partial charge in [-0.3, -0.25) is 0 Å². The van der Waals surface area contributed by atoms with Crippen molar-refractivity contribution in [3.8, 4) is 0 Å². The third-order valence-electron chi connectivity index (χ3n) is 3.22. The van der Waals surface area contributed by atoms with Gasteiger partial charge >= 0.3 is 0 Å². The second kappa shape index (κ2) is 4.93. The van der Waals surface area contributed by atoms with Crippen LogP contribution in [0.15, 0.2) is 18.2 Å². The molecule has 3 nitrogen and oxygen atoms in total. The Morgan fingerprint density at radius 2 is 1.94 bits per heavy atom. The third-order valence-corrected chi connectivity index (χ3v) is 5.05. The van der Waals surface area contributed by atoms with Gasteiger partial charge < -0.3 is 5.11 Å². The maximum Gasteiger partial charge on any atom is 0.150 e. The summed E-state index contributed by atoms with van der Waals surface area (Å²) >= 11 is 0. The van der Waals surface area contributed by atoms with Gasteiger partial charge in [0.1, 0.15) is 11.6 Å². The fourth-order valence-electron chi connectivity index (χ4n) is 2.32. The molecular weight excluding hydrogens is 262 g/mol. The summed E-state index contributed by atoms with van der Waals surface area (Å²) in [6, 6.07) is 3.38. The Balaban J connectivity index is 2.11. The monoisotopic (exact) mass is 276 g/mol. The smallest absolute Gasteiger partial charge is 0.150 e. The Hall–Kier alpha value is -1.01. The van der Waals surface area contributed by atoms with Crippen molar-refractivity contribution in [2.75, 3.05) is 11.5 Å². The molecule has 0 saturated carbocycles. The molecule has 0 bridgehead atoms. The maximum atomic E-state index is 13.4. The van der Waals surface area contributed by atoms with Crippen LogP contribution in [-0.2, 0) is 9.84 Å². The summed E-state index contributed by atoms with van der Waals surface area (Å²) < 4.78 is 49.3. The summed E-state index contributed by atoms with van der Waals surface area (Å²) in [4.78, 5) is 0. The standard InChI is InChI=1S/C12H14F2O3S/c13-9-2-1-3-10(14)12(9)11(15)6-8-4-5-18(16,17)7-8/h1-3,8,11,15H,4-7H2. The molecule has 1 aliphatic rings. The van der Waals surface area contributed by atoms with Gasteiger partial charge in [-0.15, -0.1) is 0 Å². The molecule has 0 aliphatic carbocycles. The van der Waals surface area contributed by atoms with E-state index in [1.807, 2.05) is 0 Å². The fraction of sp³-hybridized carbons (Fsp3) is 0.500. The molecule has 0 aromatic heterocycles. The molecular formula is C12H14F2O3S. The van der Waals surface area contributed by atoms with Crippen LogP contribution in [0.1, 0.15) is 24.5 Å². The topological polar surface area (TPSA) is 54.4 Å². The van der Waals surface area contributed by atoms with Crippen molar-refractivity contribution >= 4 is 9.84 Å². The van der Waals surface area contributed by atoms with Crippen molar-refractivity contribution in [3.63, 3.8) is 0 Å². The third kappa shape index (κ3) is 2.87. The van der Waals surface area contributed by atoms with Crippen LogP contribution in [-0.4, -0.2) is 25.0 Å². The van der Waals surface area contributed by atoms with Gasteiger partial charge in [0.15, 0.2) is 9.84 Å². The SMILES string of the molecule is O=S1(=O)CCC(CC(O)c2c(F)cccc2F)C1. The largest absolute Gasteiger partial charge is 0.388 e. The Morgan fingerprint density at radius 3 is 2.44 bits per heavy atom. The van der Waals surface area contributed by atoms with E-state index >= 15 is 0 Å². The van der Waals surface area contributed by atoms with Crippen LogP contribution in [0, 0.1) is 17.6 Å². The summed E-state index contributed by atoms with van der Waals surface area (Å²) in [5, 5.41) is 9.84. The molecule has 1 aromatic carbocycles. The quantitative estimate of drug-likeness (QED) is 0.916. The molecule has 1 saturated heterocycles. The van der Waals surface area contributed by atoms with Crippen LogP contribution in [0.3, 0.4) is 0 Å². The summed E-state index contributed by atoms with van der Waals surface area (Å²) in [6.07, 6.45) is -0.795. The molecule has 2 atom stereocenters. The number of hydrogen-bond donors (Lipinski definition) is 1. The van der Waals surface area contributed by atoms with Gasteiger partial charge in [-0.1, -0.05) is 6.07 Å². The molecule has 0 spiro atoms. The lowest BCUT2D eigenvalue weighted by Crippen LogP contribution is -2.12. The zero-order valence-electron chi connectivity index (χ0n) is 9.64. The Morgan fingerprint density at radius 1 is 1.33 bits per heavy atom. The van der Waals surface area contributed by atoms with Gasteiger partial charge in [0.25, 0.3) is 0 Å². The maximum absolute atomic E-state index is 13.4. The number of sulfone groups is 1. The van der Waals surface area contributed by atoms with Crippen LogP contribution in [0.2, 0.25) is 0 Å². The number of aliphatic hydroxyl groups excluding tert-OH is 1. The first-order valence-corrected chi connectivity index (χ1v) is 7.53. The summed E-state index contributed by atoms with van der Waals surface area (Å²) in [5.41, 5.74) is -0.373. The lowest BCUT2D eigenvalue weighted by molar-refractivity contribution is 0.140. The van der Waals surface area contributed by atoms with Gasteiger partial charge in [-0.2, -0.15) is 0 Å². The van der Waals surface area contributed by atoms with Crippen LogP contribution in [0.25, 0.3) is 0 Å². The van der Waals surface area contributed by atoms with Crippen molar-refractivity contribution in [2.24, 2.45) is 5.92 Å². The van der Waals surface area contributed by atoms with E-state index in [1.54, 1.807) is 0 Å². The van der Waals surface area contributed by atoms with Crippen molar-refractivity contribution in [2.45, 2.75) is 18.9 Å². The molecule has 1 N–H and O–H groups in total. The first-order chi connectivity index (χ1) is 8.39. The normalized spacial score (nSPS) is 24.1. The number of rotatable bonds is 3. The Kier molecular flexibility index (Phi) is 3.68. The molecule has 1 aliphatic heterocycles. The highest BCUT2D eigenvalue weighted by molar-refractivity contribution is 7.91. The summed E-state index contributed by atoms with van der Waals surface area (Å²) in [7, 11) is -3.04. The molecule has 2 rings (SSSR count). The summed E-state index contributed by atoms with van der Waals surface area (Å²) in [5.74, 6) is -1.76. The van der Waals surface area contributed by atoms with E-state index < -0.39 is 27.6 Å². The van der Waals surface area contributed by atoms with E-state index in [2.05, 4.69) is 0 Å². The zero-order valence-corrected chi connectivity index (χ0v) is 10.5. The van der Waals surface area contributed by atoms with Crippen molar-refractivity contribution in [1.29, 1.82) is 0 Å². The van der Waals surface area contributed by atoms with Gasteiger partial charge in [0.2, 0.25) is 0 Å². The summed E-state index contributed by atoms with van der Waals surface area (Å²) in [6.45, 7) is 0. The van der Waals surface area contributed by atoms with E-state index in [0.717, 1.165) is 12.1 Å². The zero-order chi connectivity index (χ0) is 13.3. The minimum atomic E-state index is -3.04. The Bertz CT molecular complexity index is 522. The molecule has 2 unspecified atom stereocenters. The van der Waals surface area contributed by atoms with Crippen LogP contribution in [0.4, 0.5) is 8.78 Å². The first kappa shape index (κ1) is 13.4. The second-order valence-corrected chi connectivity index (χ2v) is 6.88. The predicted octanol–water partition coefficient (Wildman–Crippen LogP) is 1.82. The number of aliphatic hydroxyl groups is 1. The van der Waals surface area contributed by atoms with Gasteiger partial charge in [-0.25, -0.2) is 17.2 Å². The fourth-order valence-corrected chi connectivity index (χ4v) is 4.20. The minimum absolute atomic E-state index is 0.0138. The minimum Gasteiger partial charge on any atom is -0.388 e. The number of halogens is 2. The number of hydrogen-bond acceptors (Lipinski definition) is 3. The van der Waals surface area contributed by atoms with Crippen molar-refractivity contribution in [1.82, 2.24) is 0 Å². The molecule has 1 aromatic rings. The predicted molar refractivity (Wildman–Crippen MR) is 62.7 cm³/mol. The average molecular weight is 276 g/mol. The Labute approximate surface area is 104 Å². The highest BCUT2D eigenvalue weighted by Gasteiger charge is 2.31. The van der Waals surface area contributed by atoms with Crippen LogP contribution < -0.4 is 0 Å². The van der Waals surface area contributed by atoms with Crippen molar-refractivity contribution < 1.29 is 22.3 Å². The van der Waals surface area contributed by atoms with E-state index in [0.29, 0.717) is 6.42 Å². The molecule has 6 heteroatoms.